The summed E-state index contributed by atoms with van der Waals surface area (Å²) in [6.07, 6.45) is 0.360. The van der Waals surface area contributed by atoms with E-state index in [9.17, 15) is 9.50 Å². The molecule has 0 spiro atoms. The second-order valence-electron chi connectivity index (χ2n) is 3.37. The first-order chi connectivity index (χ1) is 6.02. The van der Waals surface area contributed by atoms with Gasteiger partial charge in [0.25, 0.3) is 0 Å². The van der Waals surface area contributed by atoms with E-state index in [0.717, 1.165) is 0 Å². The second-order valence-corrected chi connectivity index (χ2v) is 3.37. The Morgan fingerprint density at radius 3 is 2.69 bits per heavy atom. The van der Waals surface area contributed by atoms with Gasteiger partial charge in [-0.1, -0.05) is 6.07 Å². The molecule has 1 unspecified atom stereocenters. The highest BCUT2D eigenvalue weighted by molar-refractivity contribution is 5.40. The van der Waals surface area contributed by atoms with E-state index in [-0.39, 0.29) is 17.6 Å². The first-order valence-corrected chi connectivity index (χ1v) is 4.25. The van der Waals surface area contributed by atoms with Crippen LogP contribution in [0.1, 0.15) is 18.1 Å². The van der Waals surface area contributed by atoms with Gasteiger partial charge in [-0.2, -0.15) is 0 Å². The molecule has 0 aliphatic carbocycles. The van der Waals surface area contributed by atoms with E-state index in [4.69, 9.17) is 5.73 Å². The van der Waals surface area contributed by atoms with Gasteiger partial charge in [-0.3, -0.25) is 0 Å². The Labute approximate surface area is 77.2 Å². The van der Waals surface area contributed by atoms with Crippen molar-refractivity contribution in [2.24, 2.45) is 5.73 Å². The zero-order valence-corrected chi connectivity index (χ0v) is 7.84. The first kappa shape index (κ1) is 9.99. The molecule has 0 radical (unpaired) electrons. The first-order valence-electron chi connectivity index (χ1n) is 4.25. The van der Waals surface area contributed by atoms with Crippen LogP contribution in [0.25, 0.3) is 0 Å². The minimum Gasteiger partial charge on any atom is -0.507 e. The van der Waals surface area contributed by atoms with Gasteiger partial charge in [-0.25, -0.2) is 4.39 Å². The zero-order chi connectivity index (χ0) is 10.0. The van der Waals surface area contributed by atoms with Crippen molar-refractivity contribution in [2.75, 3.05) is 0 Å². The van der Waals surface area contributed by atoms with Crippen LogP contribution in [0.4, 0.5) is 4.39 Å². The van der Waals surface area contributed by atoms with E-state index >= 15 is 0 Å². The topological polar surface area (TPSA) is 46.2 Å². The molecule has 0 saturated carbocycles. The number of aryl methyl sites for hydroxylation is 1. The smallest absolute Gasteiger partial charge is 0.130 e. The van der Waals surface area contributed by atoms with Crippen LogP contribution >= 0.6 is 0 Å². The van der Waals surface area contributed by atoms with Crippen LogP contribution in [0.5, 0.6) is 5.75 Å². The standard InChI is InChI=1S/C10H14FNO/c1-6-3-4-9(11)8(10(6)13)5-7(2)12/h3-4,7,13H,5,12H2,1-2H3. The summed E-state index contributed by atoms with van der Waals surface area (Å²) in [6.45, 7) is 3.51. The van der Waals surface area contributed by atoms with Crippen molar-refractivity contribution in [1.82, 2.24) is 0 Å². The maximum Gasteiger partial charge on any atom is 0.130 e. The van der Waals surface area contributed by atoms with E-state index in [0.29, 0.717) is 17.5 Å². The summed E-state index contributed by atoms with van der Waals surface area (Å²) in [6, 6.07) is 2.75. The van der Waals surface area contributed by atoms with Crippen LogP contribution < -0.4 is 5.73 Å². The summed E-state index contributed by atoms with van der Waals surface area (Å²) in [5, 5.41) is 9.53. The Kier molecular flexibility index (Phi) is 2.88. The van der Waals surface area contributed by atoms with Crippen molar-refractivity contribution >= 4 is 0 Å². The van der Waals surface area contributed by atoms with E-state index < -0.39 is 0 Å². The summed E-state index contributed by atoms with van der Waals surface area (Å²) in [5.74, 6) is -0.363. The van der Waals surface area contributed by atoms with Crippen molar-refractivity contribution in [3.05, 3.63) is 29.1 Å². The van der Waals surface area contributed by atoms with Crippen molar-refractivity contribution in [2.45, 2.75) is 26.3 Å². The average molecular weight is 183 g/mol. The summed E-state index contributed by atoms with van der Waals surface area (Å²) in [7, 11) is 0. The fourth-order valence-corrected chi connectivity index (χ4v) is 1.24. The van der Waals surface area contributed by atoms with Crippen LogP contribution in [0.3, 0.4) is 0 Å². The number of halogens is 1. The summed E-state index contributed by atoms with van der Waals surface area (Å²) in [5.41, 5.74) is 6.53. The van der Waals surface area contributed by atoms with Crippen LogP contribution in [0, 0.1) is 12.7 Å². The molecule has 2 nitrogen and oxygen atoms in total. The minimum absolute atomic E-state index is 0.0253. The van der Waals surface area contributed by atoms with Gasteiger partial charge < -0.3 is 10.8 Å². The molecule has 0 aliphatic heterocycles. The van der Waals surface area contributed by atoms with Crippen LogP contribution in [-0.4, -0.2) is 11.1 Å². The van der Waals surface area contributed by atoms with Crippen molar-refractivity contribution < 1.29 is 9.50 Å². The number of nitrogens with two attached hydrogens (primary N) is 1. The molecular weight excluding hydrogens is 169 g/mol. The quantitative estimate of drug-likeness (QED) is 0.733. The molecule has 0 fully saturated rings. The van der Waals surface area contributed by atoms with Gasteiger partial charge >= 0.3 is 0 Å². The lowest BCUT2D eigenvalue weighted by molar-refractivity contribution is 0.451. The number of hydrogen-bond acceptors (Lipinski definition) is 2. The number of phenols is 1. The van der Waals surface area contributed by atoms with Gasteiger partial charge in [0.05, 0.1) is 0 Å². The highest BCUT2D eigenvalue weighted by Gasteiger charge is 2.11. The largest absolute Gasteiger partial charge is 0.507 e. The fraction of sp³-hybridized carbons (Fsp3) is 0.400. The molecule has 1 atom stereocenters. The Morgan fingerprint density at radius 2 is 2.15 bits per heavy atom. The summed E-state index contributed by atoms with van der Waals surface area (Å²) in [4.78, 5) is 0. The highest BCUT2D eigenvalue weighted by atomic mass is 19.1. The Balaban J connectivity index is 3.10. The van der Waals surface area contributed by atoms with Gasteiger partial charge in [0.15, 0.2) is 0 Å². The molecule has 3 heteroatoms. The average Bonchev–Trinajstić information content (AvgIpc) is 2.05. The summed E-state index contributed by atoms with van der Waals surface area (Å²) < 4.78 is 13.2. The molecule has 1 aromatic rings. The third kappa shape index (κ3) is 2.18. The van der Waals surface area contributed by atoms with Crippen molar-refractivity contribution in [1.29, 1.82) is 0 Å². The molecule has 3 N–H and O–H groups in total. The molecule has 0 amide bonds. The molecular formula is C10H14FNO. The van der Waals surface area contributed by atoms with Gasteiger partial charge in [0.1, 0.15) is 11.6 Å². The molecule has 0 aliphatic rings. The van der Waals surface area contributed by atoms with E-state index in [1.54, 1.807) is 19.9 Å². The maximum absolute atomic E-state index is 13.2. The van der Waals surface area contributed by atoms with Gasteiger partial charge in [-0.05, 0) is 31.9 Å². The van der Waals surface area contributed by atoms with Crippen LogP contribution in [-0.2, 0) is 6.42 Å². The predicted octanol–water partition coefficient (Wildman–Crippen LogP) is 1.73. The minimum atomic E-state index is -0.389. The normalized spacial score (nSPS) is 12.9. The fourth-order valence-electron chi connectivity index (χ4n) is 1.24. The van der Waals surface area contributed by atoms with E-state index in [1.807, 2.05) is 0 Å². The van der Waals surface area contributed by atoms with Crippen LogP contribution in [0.15, 0.2) is 12.1 Å². The van der Waals surface area contributed by atoms with Crippen LogP contribution in [0.2, 0.25) is 0 Å². The molecule has 0 saturated heterocycles. The molecule has 1 rings (SSSR count). The molecule has 0 heterocycles. The lowest BCUT2D eigenvalue weighted by atomic mass is 10.0. The third-order valence-corrected chi connectivity index (χ3v) is 1.95. The number of benzene rings is 1. The van der Waals surface area contributed by atoms with Gasteiger partial charge in [-0.15, -0.1) is 0 Å². The van der Waals surface area contributed by atoms with Crippen molar-refractivity contribution in [3.63, 3.8) is 0 Å². The van der Waals surface area contributed by atoms with E-state index in [2.05, 4.69) is 0 Å². The zero-order valence-electron chi connectivity index (χ0n) is 7.84. The highest BCUT2D eigenvalue weighted by Crippen LogP contribution is 2.25. The van der Waals surface area contributed by atoms with Crippen molar-refractivity contribution in [3.8, 4) is 5.75 Å². The molecule has 0 aromatic heterocycles. The monoisotopic (exact) mass is 183 g/mol. The predicted molar refractivity (Wildman–Crippen MR) is 50.2 cm³/mol. The molecule has 1 aromatic carbocycles. The summed E-state index contributed by atoms with van der Waals surface area (Å²) >= 11 is 0. The molecule has 13 heavy (non-hydrogen) atoms. The van der Waals surface area contributed by atoms with E-state index in [1.165, 1.54) is 6.07 Å². The number of hydrogen-bond donors (Lipinski definition) is 2. The Morgan fingerprint density at radius 1 is 1.54 bits per heavy atom. The lowest BCUT2D eigenvalue weighted by Gasteiger charge is -2.10. The number of phenolic OH excluding ortho intramolecular Hbond substituents is 1. The molecule has 72 valence electrons. The Hall–Kier alpha value is -1.09. The van der Waals surface area contributed by atoms with Gasteiger partial charge in [0.2, 0.25) is 0 Å². The SMILES string of the molecule is Cc1ccc(F)c(CC(C)N)c1O. The lowest BCUT2D eigenvalue weighted by Crippen LogP contribution is -2.18. The molecule has 0 bridgehead atoms. The maximum atomic E-state index is 13.2. The number of rotatable bonds is 2. The Bertz CT molecular complexity index is 310. The third-order valence-electron chi connectivity index (χ3n) is 1.95. The number of aromatic hydroxyl groups is 1. The second kappa shape index (κ2) is 3.75. The van der Waals surface area contributed by atoms with Gasteiger partial charge in [0, 0.05) is 11.6 Å².